The number of rotatable bonds is 11. The molecule has 1 N–H and O–H groups in total. The lowest BCUT2D eigenvalue weighted by atomic mass is 10.2. The van der Waals surface area contributed by atoms with Gasteiger partial charge < -0.3 is 19.7 Å². The van der Waals surface area contributed by atoms with E-state index in [0.717, 1.165) is 44.1 Å². The maximum atomic E-state index is 6.09. The first-order valence-corrected chi connectivity index (χ1v) is 9.34. The Morgan fingerprint density at radius 2 is 1.92 bits per heavy atom. The van der Waals surface area contributed by atoms with E-state index in [9.17, 15) is 0 Å². The van der Waals surface area contributed by atoms with Crippen molar-refractivity contribution in [2.75, 3.05) is 47.1 Å². The zero-order valence-corrected chi connectivity index (χ0v) is 19.6. The van der Waals surface area contributed by atoms with Crippen molar-refractivity contribution >= 4 is 53.1 Å². The van der Waals surface area contributed by atoms with Crippen molar-refractivity contribution in [3.05, 3.63) is 33.8 Å². The highest BCUT2D eigenvalue weighted by atomic mass is 127. The highest BCUT2D eigenvalue weighted by Gasteiger charge is 2.07. The molecule has 0 aliphatic carbocycles. The number of halogens is 3. The molecular weight excluding hydrogens is 488 g/mol. The van der Waals surface area contributed by atoms with Gasteiger partial charge in [0.2, 0.25) is 0 Å². The number of hydrogen-bond acceptors (Lipinski definition) is 3. The van der Waals surface area contributed by atoms with E-state index in [1.165, 1.54) is 0 Å². The second-order valence-electron chi connectivity index (χ2n) is 5.65. The average Bonchev–Trinajstić information content (AvgIpc) is 2.59. The molecule has 1 rings (SSSR count). The maximum Gasteiger partial charge on any atom is 0.193 e. The molecule has 8 heteroatoms. The van der Waals surface area contributed by atoms with Crippen molar-refractivity contribution in [1.82, 2.24) is 10.2 Å². The summed E-state index contributed by atoms with van der Waals surface area (Å²) in [7, 11) is 3.69. The third-order valence-corrected chi connectivity index (χ3v) is 4.23. The van der Waals surface area contributed by atoms with E-state index in [1.54, 1.807) is 7.11 Å². The topological polar surface area (TPSA) is 46.1 Å². The summed E-state index contributed by atoms with van der Waals surface area (Å²) in [6, 6.07) is 5.69. The van der Waals surface area contributed by atoms with Crippen LogP contribution in [-0.4, -0.2) is 57.9 Å². The summed E-state index contributed by atoms with van der Waals surface area (Å²) in [5.74, 6) is 0.883. The predicted octanol–water partition coefficient (Wildman–Crippen LogP) is 4.45. The first kappa shape index (κ1) is 25.7. The first-order chi connectivity index (χ1) is 12.1. The van der Waals surface area contributed by atoms with Crippen LogP contribution in [0.25, 0.3) is 0 Å². The first-order valence-electron chi connectivity index (χ1n) is 8.58. The van der Waals surface area contributed by atoms with Crippen molar-refractivity contribution in [2.24, 2.45) is 4.99 Å². The molecule has 0 aliphatic rings. The van der Waals surface area contributed by atoms with Crippen molar-refractivity contribution < 1.29 is 9.47 Å². The molecule has 150 valence electrons. The average molecular weight is 518 g/mol. The van der Waals surface area contributed by atoms with E-state index in [2.05, 4.69) is 22.1 Å². The molecule has 0 heterocycles. The maximum absolute atomic E-state index is 6.09. The molecule has 0 unspecified atom stereocenters. The number of methoxy groups -OCH3 is 1. The van der Waals surface area contributed by atoms with Crippen LogP contribution < -0.4 is 5.32 Å². The minimum Gasteiger partial charge on any atom is -0.382 e. The highest BCUT2D eigenvalue weighted by molar-refractivity contribution is 14.0. The van der Waals surface area contributed by atoms with Crippen LogP contribution in [0.3, 0.4) is 0 Å². The van der Waals surface area contributed by atoms with E-state index in [4.69, 9.17) is 32.7 Å². The summed E-state index contributed by atoms with van der Waals surface area (Å²) in [5, 5.41) is 4.46. The van der Waals surface area contributed by atoms with E-state index in [1.807, 2.05) is 25.2 Å². The number of guanidine groups is 1. The van der Waals surface area contributed by atoms with E-state index in [-0.39, 0.29) is 24.0 Å². The zero-order valence-electron chi connectivity index (χ0n) is 15.8. The normalized spacial score (nSPS) is 11.2. The molecule has 0 saturated heterocycles. The van der Waals surface area contributed by atoms with Gasteiger partial charge in [-0.15, -0.1) is 24.0 Å². The van der Waals surface area contributed by atoms with Gasteiger partial charge in [-0.1, -0.05) is 29.3 Å². The van der Waals surface area contributed by atoms with Gasteiger partial charge in [-0.25, -0.2) is 0 Å². The van der Waals surface area contributed by atoms with Crippen LogP contribution in [0.2, 0.25) is 10.0 Å². The Bertz CT molecular complexity index is 533. The molecule has 0 amide bonds. The fourth-order valence-corrected chi connectivity index (χ4v) is 2.52. The summed E-state index contributed by atoms with van der Waals surface area (Å²) < 4.78 is 10.4. The minimum absolute atomic E-state index is 0. The van der Waals surface area contributed by atoms with Crippen molar-refractivity contribution in [3.63, 3.8) is 0 Å². The monoisotopic (exact) mass is 517 g/mol. The summed E-state index contributed by atoms with van der Waals surface area (Å²) in [6.45, 7) is 6.40. The summed E-state index contributed by atoms with van der Waals surface area (Å²) >= 11 is 12.1. The Morgan fingerprint density at radius 1 is 1.15 bits per heavy atom. The molecule has 5 nitrogen and oxygen atoms in total. The summed E-state index contributed by atoms with van der Waals surface area (Å²) in [4.78, 5) is 6.76. The number of benzene rings is 1. The van der Waals surface area contributed by atoms with Crippen molar-refractivity contribution in [3.8, 4) is 0 Å². The van der Waals surface area contributed by atoms with Gasteiger partial charge >= 0.3 is 0 Å². The summed E-state index contributed by atoms with van der Waals surface area (Å²) in [5.41, 5.74) is 1.09. The van der Waals surface area contributed by atoms with Gasteiger partial charge in [-0.2, -0.15) is 0 Å². The van der Waals surface area contributed by atoms with Crippen molar-refractivity contribution in [2.45, 2.75) is 26.3 Å². The quantitative estimate of drug-likeness (QED) is 0.204. The Hall–Kier alpha value is -0.280. The number of ether oxygens (including phenoxy) is 2. The standard InChI is InChI=1S/C18H29Cl2N3O2.HI/c1-4-21-18(22-9-5-6-10-25-12-11-24-3)23(2)14-15-7-8-16(19)17(20)13-15;/h7-8,13H,4-6,9-12,14H2,1-3H3,(H,21,22);1H. The second kappa shape index (κ2) is 15.7. The largest absolute Gasteiger partial charge is 0.382 e. The lowest BCUT2D eigenvalue weighted by molar-refractivity contribution is 0.0690. The van der Waals surface area contributed by atoms with Gasteiger partial charge in [0.15, 0.2) is 5.96 Å². The van der Waals surface area contributed by atoms with Crippen LogP contribution in [0.5, 0.6) is 0 Å². The van der Waals surface area contributed by atoms with Crippen LogP contribution in [0.4, 0.5) is 0 Å². The molecule has 0 aromatic heterocycles. The molecule has 0 atom stereocenters. The number of nitrogens with zero attached hydrogens (tertiary/aromatic N) is 2. The zero-order chi connectivity index (χ0) is 18.5. The molecule has 0 saturated carbocycles. The molecule has 0 spiro atoms. The second-order valence-corrected chi connectivity index (χ2v) is 6.47. The Balaban J connectivity index is 0.00000625. The fourth-order valence-electron chi connectivity index (χ4n) is 2.20. The predicted molar refractivity (Wildman–Crippen MR) is 121 cm³/mol. The molecule has 0 aliphatic heterocycles. The van der Waals surface area contributed by atoms with E-state index >= 15 is 0 Å². The summed E-state index contributed by atoms with van der Waals surface area (Å²) in [6.07, 6.45) is 1.98. The highest BCUT2D eigenvalue weighted by Crippen LogP contribution is 2.23. The molecule has 0 bridgehead atoms. The molecule has 26 heavy (non-hydrogen) atoms. The van der Waals surface area contributed by atoms with Gasteiger partial charge in [0, 0.05) is 40.4 Å². The van der Waals surface area contributed by atoms with Gasteiger partial charge in [-0.3, -0.25) is 4.99 Å². The van der Waals surface area contributed by atoms with Crippen molar-refractivity contribution in [1.29, 1.82) is 0 Å². The molecule has 1 aromatic carbocycles. The van der Waals surface area contributed by atoms with Crippen LogP contribution in [0.15, 0.2) is 23.2 Å². The van der Waals surface area contributed by atoms with Crippen LogP contribution >= 0.6 is 47.2 Å². The third kappa shape index (κ3) is 10.8. The minimum atomic E-state index is 0. The van der Waals surface area contributed by atoms with Crippen LogP contribution in [0, 0.1) is 0 Å². The SMILES string of the molecule is CCNC(=NCCCCOCCOC)N(C)Cc1ccc(Cl)c(Cl)c1.I. The van der Waals surface area contributed by atoms with Gasteiger partial charge in [-0.05, 0) is 37.5 Å². The third-order valence-electron chi connectivity index (χ3n) is 3.49. The lowest BCUT2D eigenvalue weighted by Gasteiger charge is -2.22. The van der Waals surface area contributed by atoms with E-state index in [0.29, 0.717) is 29.8 Å². The Kier molecular flexibility index (Phi) is 15.6. The molecular formula is C18H30Cl2IN3O2. The molecule has 0 radical (unpaired) electrons. The Morgan fingerprint density at radius 3 is 2.58 bits per heavy atom. The number of aliphatic imine (C=N–C) groups is 1. The van der Waals surface area contributed by atoms with Gasteiger partial charge in [0.05, 0.1) is 23.3 Å². The van der Waals surface area contributed by atoms with Gasteiger partial charge in [0.25, 0.3) is 0 Å². The number of unbranched alkanes of at least 4 members (excludes halogenated alkanes) is 1. The van der Waals surface area contributed by atoms with Crippen LogP contribution in [-0.2, 0) is 16.0 Å². The molecule has 1 aromatic rings. The lowest BCUT2D eigenvalue weighted by Crippen LogP contribution is -2.38. The number of hydrogen-bond donors (Lipinski definition) is 1. The molecule has 0 fully saturated rings. The van der Waals surface area contributed by atoms with Gasteiger partial charge in [0.1, 0.15) is 0 Å². The fraction of sp³-hybridized carbons (Fsp3) is 0.611. The smallest absolute Gasteiger partial charge is 0.193 e. The number of nitrogens with one attached hydrogen (secondary N) is 1. The van der Waals surface area contributed by atoms with Crippen LogP contribution in [0.1, 0.15) is 25.3 Å². The van der Waals surface area contributed by atoms with E-state index < -0.39 is 0 Å². The Labute approximate surface area is 184 Å².